The maximum atomic E-state index is 17.9. The van der Waals surface area contributed by atoms with Gasteiger partial charge in [-0.15, -0.1) is 0 Å². The van der Waals surface area contributed by atoms with Crippen molar-refractivity contribution in [3.8, 4) is 11.1 Å². The van der Waals surface area contributed by atoms with Crippen LogP contribution in [0.25, 0.3) is 11.1 Å². The van der Waals surface area contributed by atoms with E-state index in [2.05, 4.69) is 208 Å². The normalized spacial score (nSPS) is 17.8. The zero-order valence-corrected chi connectivity index (χ0v) is 38.4. The molecule has 6 nitrogen and oxygen atoms in total. The lowest BCUT2D eigenvalue weighted by atomic mass is 9.97. The molecular formula is C60H40N4O2P2. The van der Waals surface area contributed by atoms with Gasteiger partial charge >= 0.3 is 0 Å². The second kappa shape index (κ2) is 14.7. The molecule has 0 amide bonds. The van der Waals surface area contributed by atoms with Crippen molar-refractivity contribution in [1.82, 2.24) is 0 Å². The second-order valence-electron chi connectivity index (χ2n) is 17.5. The molecule has 14 rings (SSSR count). The van der Waals surface area contributed by atoms with Crippen molar-refractivity contribution >= 4 is 114 Å². The molecule has 2 atom stereocenters. The van der Waals surface area contributed by atoms with Crippen LogP contribution < -0.4 is 51.4 Å². The van der Waals surface area contributed by atoms with Crippen molar-refractivity contribution in [1.29, 1.82) is 0 Å². The summed E-state index contributed by atoms with van der Waals surface area (Å²) >= 11 is 0. The summed E-state index contributed by atoms with van der Waals surface area (Å²) in [5, 5.41) is 4.31. The van der Waals surface area contributed by atoms with Gasteiger partial charge in [-0.25, -0.2) is 0 Å². The van der Waals surface area contributed by atoms with E-state index in [1.54, 1.807) is 0 Å². The van der Waals surface area contributed by atoms with Crippen LogP contribution in [0.2, 0.25) is 0 Å². The van der Waals surface area contributed by atoms with E-state index in [0.29, 0.717) is 10.6 Å². The van der Waals surface area contributed by atoms with Crippen LogP contribution >= 0.6 is 14.3 Å². The lowest BCUT2D eigenvalue weighted by Crippen LogP contribution is -2.47. The first kappa shape index (κ1) is 39.1. The van der Waals surface area contributed by atoms with E-state index in [4.69, 9.17) is 0 Å². The van der Waals surface area contributed by atoms with Crippen LogP contribution in [-0.4, -0.2) is 0 Å². The summed E-state index contributed by atoms with van der Waals surface area (Å²) in [4.78, 5) is 9.15. The molecular weight excluding hydrogens is 871 g/mol. The van der Waals surface area contributed by atoms with Gasteiger partial charge in [0.05, 0.1) is 56.1 Å². The van der Waals surface area contributed by atoms with Crippen LogP contribution in [0.1, 0.15) is 0 Å². The predicted octanol–water partition coefficient (Wildman–Crippen LogP) is 13.8. The molecule has 0 aliphatic carbocycles. The SMILES string of the molecule is O=P12c3ccccc3N(c3ccccc3)c3cccc(c31)N(c1ccccc1)c1c2cc2c(c1-c1ccccc1)N(c1ccccc1)c1cccc3c1P2(=O)c1ccccc1N3c1ccccc1. The van der Waals surface area contributed by atoms with Crippen molar-refractivity contribution in [2.45, 2.75) is 0 Å². The van der Waals surface area contributed by atoms with Gasteiger partial charge in [0.2, 0.25) is 0 Å². The summed E-state index contributed by atoms with van der Waals surface area (Å²) in [5.74, 6) is 0. The maximum Gasteiger partial charge on any atom is 0.179 e. The van der Waals surface area contributed by atoms with Crippen LogP contribution in [0.3, 0.4) is 0 Å². The standard InChI is InChI=1S/C60H40N4O2P2/c65-67-52-38-18-16-32-46(52)61(42-24-8-2-9-25-42)48-34-20-36-50(59(48)67)63(44-28-12-4-13-29-44)57-54(67)40-55-58(56(57)41-22-6-1-7-23-41)64(45-30-14-5-15-31-45)51-37-21-35-49-60(51)68(55,66)53-39-19-17-33-47(53)62(49)43-26-10-3-11-27-43/h1-40H. The highest BCUT2D eigenvalue weighted by Crippen LogP contribution is 2.67. The fraction of sp³-hybridized carbons (Fsp3) is 0. The minimum absolute atomic E-state index is 0.659. The number of hydrogen-bond donors (Lipinski definition) is 0. The van der Waals surface area contributed by atoms with Gasteiger partial charge in [0.1, 0.15) is 0 Å². The molecule has 4 heterocycles. The third kappa shape index (κ3) is 5.19. The molecule has 4 aliphatic rings. The van der Waals surface area contributed by atoms with Crippen LogP contribution in [0.5, 0.6) is 0 Å². The Balaban J connectivity index is 1.20. The number of hydrogen-bond acceptors (Lipinski definition) is 6. The van der Waals surface area contributed by atoms with Gasteiger partial charge in [-0.05, 0) is 109 Å². The first-order chi connectivity index (χ1) is 33.6. The smallest absolute Gasteiger partial charge is 0.179 e. The van der Waals surface area contributed by atoms with E-state index in [9.17, 15) is 0 Å². The van der Waals surface area contributed by atoms with E-state index in [-0.39, 0.29) is 0 Å². The van der Waals surface area contributed by atoms with Gasteiger partial charge in [-0.3, -0.25) is 0 Å². The Morgan fingerprint density at radius 2 is 0.559 bits per heavy atom. The minimum Gasteiger partial charge on any atom is -0.309 e. The van der Waals surface area contributed by atoms with E-state index in [0.717, 1.165) is 101 Å². The maximum absolute atomic E-state index is 17.9. The number of para-hydroxylation sites is 6. The van der Waals surface area contributed by atoms with Crippen LogP contribution in [-0.2, 0) is 9.13 Å². The van der Waals surface area contributed by atoms with Gasteiger partial charge in [0.15, 0.2) is 14.3 Å². The van der Waals surface area contributed by atoms with E-state index < -0.39 is 14.3 Å². The van der Waals surface area contributed by atoms with Gasteiger partial charge in [0, 0.05) is 49.5 Å². The van der Waals surface area contributed by atoms with E-state index in [1.165, 1.54) is 0 Å². The van der Waals surface area contributed by atoms with Gasteiger partial charge in [-0.2, -0.15) is 0 Å². The molecule has 0 saturated heterocycles. The number of fused-ring (bicyclic) bond motifs is 8. The van der Waals surface area contributed by atoms with Crippen molar-refractivity contribution in [3.63, 3.8) is 0 Å². The van der Waals surface area contributed by atoms with Crippen LogP contribution in [0, 0.1) is 0 Å². The van der Waals surface area contributed by atoms with Crippen molar-refractivity contribution in [2.24, 2.45) is 0 Å². The van der Waals surface area contributed by atoms with Crippen LogP contribution in [0.15, 0.2) is 243 Å². The van der Waals surface area contributed by atoms with E-state index in [1.807, 2.05) is 54.6 Å². The van der Waals surface area contributed by atoms with Gasteiger partial charge < -0.3 is 28.7 Å². The van der Waals surface area contributed by atoms with E-state index >= 15 is 9.13 Å². The molecule has 68 heavy (non-hydrogen) atoms. The van der Waals surface area contributed by atoms with Crippen LogP contribution in [0.4, 0.5) is 68.2 Å². The molecule has 10 aromatic rings. The quantitative estimate of drug-likeness (QED) is 0.160. The Hall–Kier alpha value is -8.14. The third-order valence-corrected chi connectivity index (χ3v) is 20.3. The molecule has 10 aromatic carbocycles. The largest absolute Gasteiger partial charge is 0.309 e. The van der Waals surface area contributed by atoms with Gasteiger partial charge in [-0.1, -0.05) is 140 Å². The number of anilines is 12. The predicted molar refractivity (Wildman–Crippen MR) is 284 cm³/mol. The average Bonchev–Trinajstić information content (AvgIpc) is 3.40. The molecule has 322 valence electrons. The molecule has 0 N–H and O–H groups in total. The lowest BCUT2D eigenvalue weighted by molar-refractivity contribution is 0.592. The molecule has 0 radical (unpaired) electrons. The fourth-order valence-corrected chi connectivity index (χ4v) is 18.1. The van der Waals surface area contributed by atoms with Crippen molar-refractivity contribution < 1.29 is 9.13 Å². The summed E-state index contributed by atoms with van der Waals surface area (Å²) < 4.78 is 35.7. The Kier molecular flexibility index (Phi) is 8.43. The Morgan fingerprint density at radius 3 is 0.941 bits per heavy atom. The lowest BCUT2D eigenvalue weighted by Gasteiger charge is -2.48. The second-order valence-corrected chi connectivity index (χ2v) is 22.8. The summed E-state index contributed by atoms with van der Waals surface area (Å²) in [7, 11) is -7.68. The Bertz CT molecular complexity index is 3550. The molecule has 0 aromatic heterocycles. The summed E-state index contributed by atoms with van der Waals surface area (Å²) in [5.41, 5.74) is 12.3. The molecule has 2 unspecified atom stereocenters. The Labute approximate surface area is 395 Å². The monoisotopic (exact) mass is 910 g/mol. The first-order valence-electron chi connectivity index (χ1n) is 22.9. The highest BCUT2D eigenvalue weighted by atomic mass is 31.2. The molecule has 0 fully saturated rings. The summed E-state index contributed by atoms with van der Waals surface area (Å²) in [6.45, 7) is 0. The molecule has 0 bridgehead atoms. The number of benzene rings is 10. The molecule has 0 saturated carbocycles. The third-order valence-electron chi connectivity index (χ3n) is 14.0. The van der Waals surface area contributed by atoms with Gasteiger partial charge in [0.25, 0.3) is 0 Å². The molecule has 4 aliphatic heterocycles. The zero-order chi connectivity index (χ0) is 45.1. The fourth-order valence-electron chi connectivity index (χ4n) is 11.3. The minimum atomic E-state index is -3.84. The van der Waals surface area contributed by atoms with Crippen molar-refractivity contribution in [2.75, 3.05) is 19.6 Å². The topological polar surface area (TPSA) is 47.1 Å². The zero-order valence-electron chi connectivity index (χ0n) is 36.6. The highest BCUT2D eigenvalue weighted by molar-refractivity contribution is 7.88. The summed E-state index contributed by atoms with van der Waals surface area (Å²) in [6, 6.07) is 83.1. The first-order valence-corrected chi connectivity index (χ1v) is 26.3. The number of rotatable bonds is 5. The highest BCUT2D eigenvalue weighted by Gasteiger charge is 2.55. The number of nitrogens with zero attached hydrogens (tertiary/aromatic N) is 4. The molecule has 8 heteroatoms. The molecule has 0 spiro atoms. The average molecular weight is 911 g/mol. The van der Waals surface area contributed by atoms with Crippen molar-refractivity contribution in [3.05, 3.63) is 243 Å². The Morgan fingerprint density at radius 1 is 0.265 bits per heavy atom. The summed E-state index contributed by atoms with van der Waals surface area (Å²) in [6.07, 6.45) is 0.